The number of hydrogen-bond donors (Lipinski definition) is 0. The van der Waals surface area contributed by atoms with Crippen LogP contribution in [0.15, 0.2) is 34.9 Å². The second-order valence-corrected chi connectivity index (χ2v) is 6.23. The molecule has 0 N–H and O–H groups in total. The first-order chi connectivity index (χ1) is 10.3. The lowest BCUT2D eigenvalue weighted by Gasteiger charge is -2.39. The third-order valence-electron chi connectivity index (χ3n) is 4.79. The van der Waals surface area contributed by atoms with E-state index < -0.39 is 0 Å². The highest BCUT2D eigenvalue weighted by Gasteiger charge is 2.44. The molecule has 0 unspecified atom stereocenters. The van der Waals surface area contributed by atoms with Gasteiger partial charge in [-0.15, -0.1) is 0 Å². The standard InChI is InChI=1S/C17H18N2O2/c20-14(12-7-8-12)11-15-18-16(19-21-15)17(9-4-10-17)13-5-2-1-3-6-13/h1-3,5-6,12H,4,7-11H2. The molecule has 0 atom stereocenters. The van der Waals surface area contributed by atoms with Gasteiger partial charge < -0.3 is 4.52 Å². The zero-order chi connectivity index (χ0) is 14.3. The summed E-state index contributed by atoms with van der Waals surface area (Å²) in [5.74, 6) is 1.71. The van der Waals surface area contributed by atoms with E-state index in [-0.39, 0.29) is 17.1 Å². The van der Waals surface area contributed by atoms with Gasteiger partial charge in [0, 0.05) is 5.92 Å². The molecule has 2 aliphatic carbocycles. The van der Waals surface area contributed by atoms with Gasteiger partial charge >= 0.3 is 0 Å². The van der Waals surface area contributed by atoms with Crippen LogP contribution in [0.2, 0.25) is 0 Å². The van der Waals surface area contributed by atoms with E-state index in [1.807, 2.05) is 18.2 Å². The van der Waals surface area contributed by atoms with E-state index in [1.54, 1.807) is 0 Å². The molecule has 1 aromatic heterocycles. The lowest BCUT2D eigenvalue weighted by molar-refractivity contribution is -0.119. The van der Waals surface area contributed by atoms with Gasteiger partial charge in [-0.05, 0) is 31.2 Å². The van der Waals surface area contributed by atoms with E-state index >= 15 is 0 Å². The maximum Gasteiger partial charge on any atom is 0.234 e. The highest BCUT2D eigenvalue weighted by atomic mass is 16.5. The summed E-state index contributed by atoms with van der Waals surface area (Å²) in [5.41, 5.74) is 1.14. The first kappa shape index (κ1) is 12.7. The fourth-order valence-corrected chi connectivity index (χ4v) is 3.15. The van der Waals surface area contributed by atoms with Crippen LogP contribution in [0.1, 0.15) is 49.4 Å². The van der Waals surface area contributed by atoms with Gasteiger partial charge in [-0.25, -0.2) is 0 Å². The number of nitrogens with zero attached hydrogens (tertiary/aromatic N) is 2. The highest BCUT2D eigenvalue weighted by Crippen LogP contribution is 2.47. The Bertz CT molecular complexity index is 654. The number of carbonyl (C=O) groups is 1. The number of rotatable bonds is 5. The number of hydrogen-bond acceptors (Lipinski definition) is 4. The van der Waals surface area contributed by atoms with Crippen LogP contribution >= 0.6 is 0 Å². The Hall–Kier alpha value is -1.97. The summed E-state index contributed by atoms with van der Waals surface area (Å²) >= 11 is 0. The molecule has 4 rings (SSSR count). The van der Waals surface area contributed by atoms with Crippen LogP contribution in [0.25, 0.3) is 0 Å². The Morgan fingerprint density at radius 2 is 2.00 bits per heavy atom. The Kier molecular flexibility index (Phi) is 2.91. The molecule has 1 aromatic carbocycles. The second-order valence-electron chi connectivity index (χ2n) is 6.23. The minimum Gasteiger partial charge on any atom is -0.339 e. The number of ketones is 1. The van der Waals surface area contributed by atoms with Gasteiger partial charge in [0.1, 0.15) is 5.78 Å². The fourth-order valence-electron chi connectivity index (χ4n) is 3.15. The molecule has 0 spiro atoms. The third kappa shape index (κ3) is 2.19. The fraction of sp³-hybridized carbons (Fsp3) is 0.471. The molecule has 0 saturated heterocycles. The topological polar surface area (TPSA) is 56.0 Å². The average Bonchev–Trinajstić information content (AvgIpc) is 3.21. The molecule has 2 saturated carbocycles. The first-order valence-corrected chi connectivity index (χ1v) is 7.69. The van der Waals surface area contributed by atoms with Crippen LogP contribution in [0.5, 0.6) is 0 Å². The average molecular weight is 282 g/mol. The van der Waals surface area contributed by atoms with E-state index in [1.165, 1.54) is 12.0 Å². The molecular weight excluding hydrogens is 264 g/mol. The van der Waals surface area contributed by atoms with Crippen molar-refractivity contribution in [3.05, 3.63) is 47.6 Å². The summed E-state index contributed by atoms with van der Waals surface area (Å²) in [6, 6.07) is 10.4. The Morgan fingerprint density at radius 3 is 2.62 bits per heavy atom. The van der Waals surface area contributed by atoms with Gasteiger partial charge in [-0.3, -0.25) is 4.79 Å². The van der Waals surface area contributed by atoms with Crippen molar-refractivity contribution in [2.45, 2.75) is 43.9 Å². The van der Waals surface area contributed by atoms with Crippen molar-refractivity contribution >= 4 is 5.78 Å². The Balaban J connectivity index is 1.60. The number of carbonyl (C=O) groups excluding carboxylic acids is 1. The molecule has 108 valence electrons. The second kappa shape index (κ2) is 4.79. The number of Topliss-reactive ketones (excluding diaryl/α,β-unsaturated/α-hetero) is 1. The lowest BCUT2D eigenvalue weighted by atomic mass is 9.64. The molecule has 2 aliphatic rings. The predicted octanol–water partition coefficient (Wildman–Crippen LogP) is 3.06. The molecule has 4 nitrogen and oxygen atoms in total. The molecule has 1 heterocycles. The molecule has 0 bridgehead atoms. The van der Waals surface area contributed by atoms with Crippen LogP contribution in [-0.2, 0) is 16.6 Å². The van der Waals surface area contributed by atoms with E-state index in [0.717, 1.165) is 31.5 Å². The van der Waals surface area contributed by atoms with Crippen molar-refractivity contribution in [2.24, 2.45) is 5.92 Å². The summed E-state index contributed by atoms with van der Waals surface area (Å²) in [7, 11) is 0. The smallest absolute Gasteiger partial charge is 0.234 e. The summed E-state index contributed by atoms with van der Waals surface area (Å²) in [4.78, 5) is 16.4. The van der Waals surface area contributed by atoms with Crippen LogP contribution in [0, 0.1) is 5.92 Å². The molecule has 2 aromatic rings. The van der Waals surface area contributed by atoms with Crippen molar-refractivity contribution in [1.82, 2.24) is 10.1 Å². The maximum atomic E-state index is 11.9. The SMILES string of the molecule is O=C(Cc1nc(C2(c3ccccc3)CCC2)no1)C1CC1. The minimum absolute atomic E-state index is 0.106. The Labute approximate surface area is 123 Å². The normalized spacial score (nSPS) is 20.0. The van der Waals surface area contributed by atoms with Gasteiger partial charge in [0.05, 0.1) is 11.8 Å². The highest BCUT2D eigenvalue weighted by molar-refractivity contribution is 5.84. The summed E-state index contributed by atoms with van der Waals surface area (Å²) in [5, 5.41) is 4.18. The van der Waals surface area contributed by atoms with E-state index in [0.29, 0.717) is 12.3 Å². The summed E-state index contributed by atoms with van der Waals surface area (Å²) in [6.45, 7) is 0. The van der Waals surface area contributed by atoms with E-state index in [4.69, 9.17) is 4.52 Å². The Morgan fingerprint density at radius 1 is 1.24 bits per heavy atom. The van der Waals surface area contributed by atoms with Crippen molar-refractivity contribution < 1.29 is 9.32 Å². The van der Waals surface area contributed by atoms with Crippen LogP contribution in [0.4, 0.5) is 0 Å². The zero-order valence-electron chi connectivity index (χ0n) is 11.9. The van der Waals surface area contributed by atoms with E-state index in [2.05, 4.69) is 22.3 Å². The lowest BCUT2D eigenvalue weighted by Crippen LogP contribution is -2.36. The molecule has 4 heteroatoms. The van der Waals surface area contributed by atoms with Crippen LogP contribution in [0.3, 0.4) is 0 Å². The van der Waals surface area contributed by atoms with Gasteiger partial charge in [-0.2, -0.15) is 4.98 Å². The van der Waals surface area contributed by atoms with Gasteiger partial charge in [0.25, 0.3) is 0 Å². The predicted molar refractivity (Wildman–Crippen MR) is 76.8 cm³/mol. The zero-order valence-corrected chi connectivity index (χ0v) is 11.9. The van der Waals surface area contributed by atoms with Gasteiger partial charge in [0.15, 0.2) is 5.82 Å². The van der Waals surface area contributed by atoms with Crippen molar-refractivity contribution in [2.75, 3.05) is 0 Å². The van der Waals surface area contributed by atoms with Crippen molar-refractivity contribution in [3.8, 4) is 0 Å². The van der Waals surface area contributed by atoms with Crippen LogP contribution in [-0.4, -0.2) is 15.9 Å². The molecule has 0 radical (unpaired) electrons. The maximum absolute atomic E-state index is 11.9. The van der Waals surface area contributed by atoms with Crippen molar-refractivity contribution in [3.63, 3.8) is 0 Å². The quantitative estimate of drug-likeness (QED) is 0.845. The van der Waals surface area contributed by atoms with Gasteiger partial charge in [-0.1, -0.05) is 41.9 Å². The third-order valence-corrected chi connectivity index (χ3v) is 4.79. The van der Waals surface area contributed by atoms with Crippen LogP contribution < -0.4 is 0 Å². The molecule has 21 heavy (non-hydrogen) atoms. The first-order valence-electron chi connectivity index (χ1n) is 7.69. The molecule has 0 amide bonds. The van der Waals surface area contributed by atoms with Gasteiger partial charge in [0.2, 0.25) is 5.89 Å². The number of benzene rings is 1. The van der Waals surface area contributed by atoms with E-state index in [9.17, 15) is 4.79 Å². The molecular formula is C17H18N2O2. The summed E-state index contributed by atoms with van der Waals surface area (Å²) < 4.78 is 5.33. The summed E-state index contributed by atoms with van der Waals surface area (Å²) in [6.07, 6.45) is 5.61. The molecule has 0 aliphatic heterocycles. The monoisotopic (exact) mass is 282 g/mol. The number of aromatic nitrogens is 2. The van der Waals surface area contributed by atoms with Crippen molar-refractivity contribution in [1.29, 1.82) is 0 Å². The minimum atomic E-state index is -0.106. The molecule has 2 fully saturated rings. The largest absolute Gasteiger partial charge is 0.339 e.